The van der Waals surface area contributed by atoms with Gasteiger partial charge in [0.15, 0.2) is 5.69 Å². The molecule has 1 aromatic carbocycles. The van der Waals surface area contributed by atoms with E-state index in [1.54, 1.807) is 18.0 Å². The zero-order valence-corrected chi connectivity index (χ0v) is 13.4. The Hall–Kier alpha value is -2.00. The van der Waals surface area contributed by atoms with Crippen molar-refractivity contribution in [3.8, 4) is 0 Å². The van der Waals surface area contributed by atoms with Gasteiger partial charge >= 0.3 is 0 Å². The third kappa shape index (κ3) is 2.31. The molecule has 122 valence electrons. The van der Waals surface area contributed by atoms with Gasteiger partial charge in [-0.25, -0.2) is 18.6 Å². The molecule has 2 aliphatic heterocycles. The normalized spacial score (nSPS) is 28.1. The van der Waals surface area contributed by atoms with Gasteiger partial charge in [-0.15, -0.1) is 0 Å². The summed E-state index contributed by atoms with van der Waals surface area (Å²) in [6.07, 6.45) is 0.648. The summed E-state index contributed by atoms with van der Waals surface area (Å²) in [5.41, 5.74) is -1.98. The second kappa shape index (κ2) is 5.00. The Morgan fingerprint density at radius 1 is 1.39 bits per heavy atom. The second-order valence-electron chi connectivity index (χ2n) is 7.00. The number of nitrogens with zero attached hydrogens (tertiary/aromatic N) is 3. The van der Waals surface area contributed by atoms with Crippen LogP contribution >= 0.6 is 0 Å². The smallest absolute Gasteiger partial charge is 0.247 e. The van der Waals surface area contributed by atoms with Crippen molar-refractivity contribution in [3.05, 3.63) is 41.0 Å². The van der Waals surface area contributed by atoms with Crippen LogP contribution in [-0.2, 0) is 4.79 Å². The first-order valence-electron chi connectivity index (χ1n) is 7.63. The molecule has 0 N–H and O–H groups in total. The van der Waals surface area contributed by atoms with Crippen LogP contribution in [-0.4, -0.2) is 34.7 Å². The molecule has 0 saturated carbocycles. The first kappa shape index (κ1) is 15.9. The van der Waals surface area contributed by atoms with Crippen LogP contribution < -0.4 is 0 Å². The number of hydrazine groups is 1. The monoisotopic (exact) mass is 319 g/mol. The van der Waals surface area contributed by atoms with E-state index >= 15 is 0 Å². The molecule has 1 amide bonds. The summed E-state index contributed by atoms with van der Waals surface area (Å²) in [6.45, 7) is 12.5. The first-order valence-corrected chi connectivity index (χ1v) is 7.63. The van der Waals surface area contributed by atoms with Gasteiger partial charge in [0.1, 0.15) is 11.5 Å². The van der Waals surface area contributed by atoms with Gasteiger partial charge in [-0.2, -0.15) is 0 Å². The average molecular weight is 319 g/mol. The van der Waals surface area contributed by atoms with E-state index in [9.17, 15) is 13.6 Å². The molecular formula is C17H19F2N3O. The number of hydrogen-bond donors (Lipinski definition) is 0. The van der Waals surface area contributed by atoms with E-state index in [0.717, 1.165) is 0 Å². The number of alkyl halides is 1. The molecule has 2 aliphatic rings. The zero-order chi connectivity index (χ0) is 17.0. The van der Waals surface area contributed by atoms with Gasteiger partial charge in [-0.1, -0.05) is 6.07 Å². The summed E-state index contributed by atoms with van der Waals surface area (Å²) in [7, 11) is 0. The fourth-order valence-corrected chi connectivity index (χ4v) is 3.41. The third-order valence-corrected chi connectivity index (χ3v) is 5.17. The Balaban J connectivity index is 1.98. The minimum absolute atomic E-state index is 0.207. The molecule has 3 rings (SSSR count). The lowest BCUT2D eigenvalue weighted by Crippen LogP contribution is -2.46. The van der Waals surface area contributed by atoms with Crippen LogP contribution in [0.5, 0.6) is 0 Å². The minimum atomic E-state index is -1.65. The van der Waals surface area contributed by atoms with Gasteiger partial charge in [0, 0.05) is 13.1 Å². The predicted octanol–water partition coefficient (Wildman–Crippen LogP) is 3.63. The second-order valence-corrected chi connectivity index (χ2v) is 7.00. The number of rotatable bonds is 2. The molecule has 1 aromatic rings. The SMILES string of the molecule is [C-]#[N+]c1cc(F)cc([C@@H]2CCN3C[C@](C)(C(C)(C)F)C(=O)N23)c1. The number of halogens is 2. The lowest BCUT2D eigenvalue weighted by atomic mass is 9.76. The van der Waals surface area contributed by atoms with E-state index in [-0.39, 0.29) is 17.6 Å². The number of benzene rings is 1. The number of carbonyl (C=O) groups is 1. The van der Waals surface area contributed by atoms with E-state index < -0.39 is 16.9 Å². The Bertz CT molecular complexity index is 707. The zero-order valence-electron chi connectivity index (χ0n) is 13.4. The standard InChI is InChI=1S/C17H19F2N3O/c1-16(2,19)17(3)10-21-6-5-14(22(21)15(17)23)11-7-12(18)9-13(8-11)20-4/h7-9,14H,5-6,10H2,1-3H3/t14-,17-/m0/s1. The predicted molar refractivity (Wildman–Crippen MR) is 81.7 cm³/mol. The van der Waals surface area contributed by atoms with Gasteiger partial charge in [-0.05, 0) is 44.9 Å². The Morgan fingerprint density at radius 3 is 2.70 bits per heavy atom. The summed E-state index contributed by atoms with van der Waals surface area (Å²) >= 11 is 0. The molecule has 0 bridgehead atoms. The van der Waals surface area contributed by atoms with Gasteiger partial charge in [0.25, 0.3) is 0 Å². The number of fused-ring (bicyclic) bond motifs is 1. The number of hydrogen-bond acceptors (Lipinski definition) is 2. The summed E-state index contributed by atoms with van der Waals surface area (Å²) in [4.78, 5) is 16.1. The number of amides is 1. The van der Waals surface area contributed by atoms with Crippen LogP contribution in [0.15, 0.2) is 18.2 Å². The van der Waals surface area contributed by atoms with Crippen molar-refractivity contribution in [1.82, 2.24) is 10.0 Å². The summed E-state index contributed by atoms with van der Waals surface area (Å²) in [6, 6.07) is 3.78. The molecule has 0 radical (unpaired) electrons. The van der Waals surface area contributed by atoms with Crippen molar-refractivity contribution in [1.29, 1.82) is 0 Å². The van der Waals surface area contributed by atoms with Crippen LogP contribution in [0, 0.1) is 17.8 Å². The van der Waals surface area contributed by atoms with E-state index in [1.807, 2.05) is 5.01 Å². The van der Waals surface area contributed by atoms with Gasteiger partial charge in [0.05, 0.1) is 18.0 Å². The van der Waals surface area contributed by atoms with Crippen molar-refractivity contribution in [2.24, 2.45) is 5.41 Å². The molecule has 0 aliphatic carbocycles. The van der Waals surface area contributed by atoms with Crippen LogP contribution in [0.2, 0.25) is 0 Å². The maximum absolute atomic E-state index is 14.6. The van der Waals surface area contributed by atoms with E-state index in [2.05, 4.69) is 4.85 Å². The molecular weight excluding hydrogens is 300 g/mol. The van der Waals surface area contributed by atoms with Crippen LogP contribution in [0.1, 0.15) is 38.8 Å². The van der Waals surface area contributed by atoms with E-state index in [4.69, 9.17) is 6.57 Å². The van der Waals surface area contributed by atoms with Crippen molar-refractivity contribution in [2.45, 2.75) is 38.9 Å². The Kier molecular flexibility index (Phi) is 3.45. The average Bonchev–Trinajstić information content (AvgIpc) is 2.97. The topological polar surface area (TPSA) is 27.9 Å². The molecule has 0 aromatic heterocycles. The Morgan fingerprint density at radius 2 is 2.09 bits per heavy atom. The lowest BCUT2D eigenvalue weighted by Gasteiger charge is -2.33. The first-order chi connectivity index (χ1) is 10.7. The molecule has 2 fully saturated rings. The summed E-state index contributed by atoms with van der Waals surface area (Å²) < 4.78 is 28.3. The largest absolute Gasteiger partial charge is 0.273 e. The highest BCUT2D eigenvalue weighted by Gasteiger charge is 2.59. The van der Waals surface area contributed by atoms with Crippen molar-refractivity contribution < 1.29 is 13.6 Å². The fourth-order valence-electron chi connectivity index (χ4n) is 3.41. The van der Waals surface area contributed by atoms with Gasteiger partial charge in [-0.3, -0.25) is 9.80 Å². The summed E-state index contributed by atoms with van der Waals surface area (Å²) in [5.74, 6) is -0.770. The molecule has 4 nitrogen and oxygen atoms in total. The molecule has 0 unspecified atom stereocenters. The molecule has 23 heavy (non-hydrogen) atoms. The van der Waals surface area contributed by atoms with Gasteiger partial charge in [0.2, 0.25) is 5.91 Å². The highest BCUT2D eigenvalue weighted by molar-refractivity contribution is 5.86. The van der Waals surface area contributed by atoms with E-state index in [1.165, 1.54) is 26.0 Å². The summed E-state index contributed by atoms with van der Waals surface area (Å²) in [5, 5.41) is 3.40. The van der Waals surface area contributed by atoms with Crippen LogP contribution in [0.4, 0.5) is 14.5 Å². The molecule has 6 heteroatoms. The fraction of sp³-hybridized carbons (Fsp3) is 0.529. The third-order valence-electron chi connectivity index (χ3n) is 5.17. The lowest BCUT2D eigenvalue weighted by molar-refractivity contribution is -0.147. The van der Waals surface area contributed by atoms with Crippen molar-refractivity contribution in [2.75, 3.05) is 13.1 Å². The van der Waals surface area contributed by atoms with Crippen molar-refractivity contribution >= 4 is 11.6 Å². The Labute approximate surface area is 134 Å². The highest BCUT2D eigenvalue weighted by atomic mass is 19.1. The molecule has 2 heterocycles. The quantitative estimate of drug-likeness (QED) is 0.779. The minimum Gasteiger partial charge on any atom is -0.273 e. The molecule has 0 spiro atoms. The van der Waals surface area contributed by atoms with E-state index in [0.29, 0.717) is 25.1 Å². The maximum Gasteiger partial charge on any atom is 0.247 e. The molecule has 2 atom stereocenters. The molecule has 2 saturated heterocycles. The highest BCUT2D eigenvalue weighted by Crippen LogP contribution is 2.48. The maximum atomic E-state index is 14.6. The van der Waals surface area contributed by atoms with Gasteiger partial charge < -0.3 is 0 Å². The number of carbonyl (C=O) groups excluding carboxylic acids is 1. The van der Waals surface area contributed by atoms with Crippen molar-refractivity contribution in [3.63, 3.8) is 0 Å². The van der Waals surface area contributed by atoms with Crippen LogP contribution in [0.3, 0.4) is 0 Å². The van der Waals surface area contributed by atoms with Crippen LogP contribution in [0.25, 0.3) is 4.85 Å².